The van der Waals surface area contributed by atoms with Gasteiger partial charge in [0.15, 0.2) is 0 Å². The van der Waals surface area contributed by atoms with Gasteiger partial charge >= 0.3 is 0 Å². The van der Waals surface area contributed by atoms with Crippen LogP contribution in [0.15, 0.2) is 41.8 Å². The van der Waals surface area contributed by atoms with E-state index in [1.165, 1.54) is 16.2 Å². The Morgan fingerprint density at radius 1 is 1.11 bits per heavy atom. The molecule has 1 fully saturated rings. The molecule has 3 amide bonds. The Kier molecular flexibility index (Phi) is 7.06. The minimum atomic E-state index is -0.367. The van der Waals surface area contributed by atoms with Gasteiger partial charge in [-0.15, -0.1) is 11.3 Å². The van der Waals surface area contributed by atoms with E-state index in [2.05, 4.69) is 10.6 Å². The monoisotopic (exact) mass is 419 g/mol. The molecular weight excluding hydrogens is 398 g/mol. The van der Waals surface area contributed by atoms with E-state index in [-0.39, 0.29) is 36.9 Å². The molecule has 148 valence electrons. The Hall–Kier alpha value is -2.38. The smallest absolute Gasteiger partial charge is 0.261 e. The molecule has 8 heteroatoms. The van der Waals surface area contributed by atoms with Crippen molar-refractivity contribution in [2.24, 2.45) is 0 Å². The van der Waals surface area contributed by atoms with Crippen LogP contribution in [0.25, 0.3) is 0 Å². The fourth-order valence-electron chi connectivity index (χ4n) is 3.18. The molecule has 0 radical (unpaired) electrons. The van der Waals surface area contributed by atoms with Crippen LogP contribution in [0, 0.1) is 0 Å². The van der Waals surface area contributed by atoms with Gasteiger partial charge in [0.25, 0.3) is 5.91 Å². The van der Waals surface area contributed by atoms with Gasteiger partial charge in [0.2, 0.25) is 11.8 Å². The molecule has 1 heterocycles. The third-order valence-electron chi connectivity index (χ3n) is 4.61. The van der Waals surface area contributed by atoms with Gasteiger partial charge in [-0.25, -0.2) is 0 Å². The Labute approximate surface area is 172 Å². The number of hydrogen-bond donors (Lipinski definition) is 2. The number of carbonyl (C=O) groups excluding carboxylic acids is 3. The standard InChI is InChI=1S/C20H22ClN3O3S/c21-14-7-9-16(10-8-14)24(13-18(25)23-15-4-1-2-5-15)19(26)12-22-20(27)17-6-3-11-28-17/h3,6-11,15H,1-2,4-5,12-13H2,(H,22,27)(H,23,25). The number of carbonyl (C=O) groups is 3. The molecule has 0 aliphatic heterocycles. The summed E-state index contributed by atoms with van der Waals surface area (Å²) in [5.41, 5.74) is 0.557. The van der Waals surface area contributed by atoms with Crippen LogP contribution in [0.1, 0.15) is 35.4 Å². The summed E-state index contributed by atoms with van der Waals surface area (Å²) in [5, 5.41) is 7.94. The lowest BCUT2D eigenvalue weighted by Crippen LogP contribution is -2.47. The first-order chi connectivity index (χ1) is 13.5. The van der Waals surface area contributed by atoms with E-state index >= 15 is 0 Å². The number of anilines is 1. The first-order valence-corrected chi connectivity index (χ1v) is 10.5. The van der Waals surface area contributed by atoms with Crippen molar-refractivity contribution in [3.8, 4) is 0 Å². The summed E-state index contributed by atoms with van der Waals surface area (Å²) >= 11 is 7.24. The molecule has 0 atom stereocenters. The van der Waals surface area contributed by atoms with Crippen molar-refractivity contribution in [2.75, 3.05) is 18.0 Å². The Balaban J connectivity index is 1.65. The fraction of sp³-hybridized carbons (Fsp3) is 0.350. The Morgan fingerprint density at radius 2 is 1.82 bits per heavy atom. The molecule has 1 aromatic carbocycles. The molecule has 2 N–H and O–H groups in total. The van der Waals surface area contributed by atoms with E-state index in [1.54, 1.807) is 41.8 Å². The summed E-state index contributed by atoms with van der Waals surface area (Å²) in [6.45, 7) is -0.304. The maximum absolute atomic E-state index is 12.8. The van der Waals surface area contributed by atoms with Crippen LogP contribution < -0.4 is 15.5 Å². The van der Waals surface area contributed by atoms with Crippen molar-refractivity contribution in [3.63, 3.8) is 0 Å². The van der Waals surface area contributed by atoms with Crippen LogP contribution in [-0.2, 0) is 9.59 Å². The summed E-state index contributed by atoms with van der Waals surface area (Å²) in [5.74, 6) is -0.886. The normalized spacial score (nSPS) is 13.9. The van der Waals surface area contributed by atoms with Crippen molar-refractivity contribution in [1.82, 2.24) is 10.6 Å². The highest BCUT2D eigenvalue weighted by atomic mass is 35.5. The second-order valence-electron chi connectivity index (χ2n) is 6.67. The third kappa shape index (κ3) is 5.56. The second kappa shape index (κ2) is 9.71. The highest BCUT2D eigenvalue weighted by Gasteiger charge is 2.23. The van der Waals surface area contributed by atoms with Gasteiger partial charge in [0, 0.05) is 16.8 Å². The molecule has 0 unspecified atom stereocenters. The lowest BCUT2D eigenvalue weighted by Gasteiger charge is -2.23. The second-order valence-corrected chi connectivity index (χ2v) is 8.05. The predicted octanol–water partition coefficient (Wildman–Crippen LogP) is 3.22. The number of nitrogens with zero attached hydrogens (tertiary/aromatic N) is 1. The van der Waals surface area contributed by atoms with E-state index in [4.69, 9.17) is 11.6 Å². The van der Waals surface area contributed by atoms with Crippen molar-refractivity contribution in [1.29, 1.82) is 0 Å². The van der Waals surface area contributed by atoms with Crippen LogP contribution in [0.5, 0.6) is 0 Å². The molecule has 28 heavy (non-hydrogen) atoms. The maximum Gasteiger partial charge on any atom is 0.261 e. The van der Waals surface area contributed by atoms with E-state index in [1.807, 2.05) is 0 Å². The SMILES string of the molecule is O=C(CN(C(=O)CNC(=O)c1cccs1)c1ccc(Cl)cc1)NC1CCCC1. The van der Waals surface area contributed by atoms with Crippen LogP contribution >= 0.6 is 22.9 Å². The van der Waals surface area contributed by atoms with Gasteiger partial charge in [-0.2, -0.15) is 0 Å². The largest absolute Gasteiger partial charge is 0.352 e. The van der Waals surface area contributed by atoms with Crippen LogP contribution in [0.2, 0.25) is 5.02 Å². The van der Waals surface area contributed by atoms with Crippen molar-refractivity contribution < 1.29 is 14.4 Å². The first kappa shape index (κ1) is 20.4. The summed E-state index contributed by atoms with van der Waals surface area (Å²) in [6, 6.07) is 10.3. The molecule has 0 saturated heterocycles. The highest BCUT2D eigenvalue weighted by Crippen LogP contribution is 2.20. The molecule has 6 nitrogen and oxygen atoms in total. The van der Waals surface area contributed by atoms with Gasteiger partial charge in [0.1, 0.15) is 6.54 Å². The third-order valence-corrected chi connectivity index (χ3v) is 5.73. The predicted molar refractivity (Wildman–Crippen MR) is 111 cm³/mol. The minimum Gasteiger partial charge on any atom is -0.352 e. The zero-order valence-electron chi connectivity index (χ0n) is 15.3. The summed E-state index contributed by atoms with van der Waals surface area (Å²) in [4.78, 5) is 39.2. The van der Waals surface area contributed by atoms with Crippen LogP contribution in [0.4, 0.5) is 5.69 Å². The number of halogens is 1. The summed E-state index contributed by atoms with van der Waals surface area (Å²) in [6.07, 6.45) is 4.16. The van der Waals surface area contributed by atoms with Gasteiger partial charge in [-0.05, 0) is 48.6 Å². The average Bonchev–Trinajstić information content (AvgIpc) is 3.39. The van der Waals surface area contributed by atoms with Gasteiger partial charge in [-0.3, -0.25) is 14.4 Å². The minimum absolute atomic E-state index is 0.105. The molecule has 1 aliphatic rings. The van der Waals surface area contributed by atoms with Gasteiger partial charge in [-0.1, -0.05) is 30.5 Å². The molecule has 1 aliphatic carbocycles. The van der Waals surface area contributed by atoms with Gasteiger partial charge in [0.05, 0.1) is 11.4 Å². The molecule has 3 rings (SSSR count). The summed E-state index contributed by atoms with van der Waals surface area (Å²) in [7, 11) is 0. The number of nitrogens with one attached hydrogen (secondary N) is 2. The molecule has 1 saturated carbocycles. The molecule has 0 spiro atoms. The zero-order valence-corrected chi connectivity index (χ0v) is 16.9. The lowest BCUT2D eigenvalue weighted by atomic mass is 10.2. The molecular formula is C20H22ClN3O3S. The highest BCUT2D eigenvalue weighted by molar-refractivity contribution is 7.12. The number of benzene rings is 1. The van der Waals surface area contributed by atoms with Crippen LogP contribution in [-0.4, -0.2) is 36.9 Å². The van der Waals surface area contributed by atoms with Crippen molar-refractivity contribution in [2.45, 2.75) is 31.7 Å². The molecule has 0 bridgehead atoms. The lowest BCUT2D eigenvalue weighted by molar-refractivity contribution is -0.123. The maximum atomic E-state index is 12.8. The topological polar surface area (TPSA) is 78.5 Å². The van der Waals surface area contributed by atoms with E-state index < -0.39 is 0 Å². The number of rotatable bonds is 7. The first-order valence-electron chi connectivity index (χ1n) is 9.20. The van der Waals surface area contributed by atoms with E-state index in [9.17, 15) is 14.4 Å². The van der Waals surface area contributed by atoms with Crippen molar-refractivity contribution in [3.05, 3.63) is 51.7 Å². The fourth-order valence-corrected chi connectivity index (χ4v) is 3.94. The average molecular weight is 420 g/mol. The van der Waals surface area contributed by atoms with Crippen molar-refractivity contribution >= 4 is 46.3 Å². The van der Waals surface area contributed by atoms with Gasteiger partial charge < -0.3 is 15.5 Å². The van der Waals surface area contributed by atoms with Crippen LogP contribution in [0.3, 0.4) is 0 Å². The summed E-state index contributed by atoms with van der Waals surface area (Å²) < 4.78 is 0. The number of hydrogen-bond acceptors (Lipinski definition) is 4. The molecule has 2 aromatic rings. The number of amides is 3. The molecule has 1 aromatic heterocycles. The Morgan fingerprint density at radius 3 is 2.46 bits per heavy atom. The Bertz CT molecular complexity index is 818. The quantitative estimate of drug-likeness (QED) is 0.723. The zero-order chi connectivity index (χ0) is 19.9. The van der Waals surface area contributed by atoms with E-state index in [0.29, 0.717) is 15.6 Å². The number of thiophene rings is 1. The van der Waals surface area contributed by atoms with E-state index in [0.717, 1.165) is 25.7 Å².